The zero-order chi connectivity index (χ0) is 14.5. The van der Waals surface area contributed by atoms with Crippen LogP contribution in [0.25, 0.3) is 0 Å². The first kappa shape index (κ1) is 14.6. The predicted octanol–water partition coefficient (Wildman–Crippen LogP) is 2.41. The average Bonchev–Trinajstić information content (AvgIpc) is 2.89. The second kappa shape index (κ2) is 6.54. The Labute approximate surface area is 122 Å². The average molecular weight is 291 g/mol. The van der Waals surface area contributed by atoms with Gasteiger partial charge in [-0.15, -0.1) is 11.3 Å². The van der Waals surface area contributed by atoms with Crippen LogP contribution in [0.2, 0.25) is 0 Å². The lowest BCUT2D eigenvalue weighted by atomic mass is 10.1. The van der Waals surface area contributed by atoms with E-state index in [1.807, 2.05) is 19.1 Å². The summed E-state index contributed by atoms with van der Waals surface area (Å²) in [5, 5.41) is 12.8. The fourth-order valence-corrected chi connectivity index (χ4v) is 2.64. The van der Waals surface area contributed by atoms with Crippen molar-refractivity contribution in [3.8, 4) is 5.75 Å². The number of rotatable bonds is 5. The minimum Gasteiger partial charge on any atom is -0.497 e. The number of methoxy groups -OCH3 is 1. The maximum absolute atomic E-state index is 11.9. The minimum absolute atomic E-state index is 0.413. The highest BCUT2D eigenvalue weighted by Crippen LogP contribution is 2.20. The van der Waals surface area contributed by atoms with E-state index in [0.29, 0.717) is 17.9 Å². The Kier molecular flexibility index (Phi) is 4.76. The third kappa shape index (κ3) is 3.59. The van der Waals surface area contributed by atoms with E-state index in [2.05, 4.69) is 5.32 Å². The standard InChI is InChI=1S/C15H17NO3S/c1-10-6-7-13(20-10)9-16-15(18)14(17)11-4-3-5-12(8-11)19-2/h3-8,14,17H,9H2,1-2H3,(H,16,18). The summed E-state index contributed by atoms with van der Waals surface area (Å²) in [6.45, 7) is 2.44. The van der Waals surface area contributed by atoms with Crippen molar-refractivity contribution in [2.24, 2.45) is 0 Å². The summed E-state index contributed by atoms with van der Waals surface area (Å²) in [5.74, 6) is 0.201. The second-order valence-corrected chi connectivity index (χ2v) is 5.78. The van der Waals surface area contributed by atoms with Crippen molar-refractivity contribution >= 4 is 17.2 Å². The van der Waals surface area contributed by atoms with E-state index < -0.39 is 12.0 Å². The monoisotopic (exact) mass is 291 g/mol. The molecule has 1 amide bonds. The number of carbonyl (C=O) groups excluding carboxylic acids is 1. The van der Waals surface area contributed by atoms with Crippen LogP contribution >= 0.6 is 11.3 Å². The molecule has 0 saturated heterocycles. The highest BCUT2D eigenvalue weighted by molar-refractivity contribution is 7.11. The molecule has 1 heterocycles. The van der Waals surface area contributed by atoms with Crippen LogP contribution in [0.3, 0.4) is 0 Å². The van der Waals surface area contributed by atoms with Crippen molar-refractivity contribution in [2.45, 2.75) is 19.6 Å². The van der Waals surface area contributed by atoms with Crippen molar-refractivity contribution in [1.82, 2.24) is 5.32 Å². The molecule has 0 fully saturated rings. The predicted molar refractivity (Wildman–Crippen MR) is 78.9 cm³/mol. The van der Waals surface area contributed by atoms with Gasteiger partial charge in [-0.1, -0.05) is 12.1 Å². The normalized spacial score (nSPS) is 11.9. The molecule has 0 aliphatic carbocycles. The van der Waals surface area contributed by atoms with Gasteiger partial charge >= 0.3 is 0 Å². The molecule has 1 aromatic carbocycles. The van der Waals surface area contributed by atoms with Crippen LogP contribution in [-0.2, 0) is 11.3 Å². The van der Waals surface area contributed by atoms with E-state index in [4.69, 9.17) is 4.74 Å². The van der Waals surface area contributed by atoms with Gasteiger partial charge in [0.1, 0.15) is 5.75 Å². The maximum Gasteiger partial charge on any atom is 0.253 e. The number of ether oxygens (including phenoxy) is 1. The van der Waals surface area contributed by atoms with Gasteiger partial charge < -0.3 is 15.2 Å². The van der Waals surface area contributed by atoms with Crippen LogP contribution in [0.5, 0.6) is 5.75 Å². The molecule has 0 aliphatic heterocycles. The molecule has 0 aliphatic rings. The van der Waals surface area contributed by atoms with Gasteiger partial charge in [0.15, 0.2) is 6.10 Å². The van der Waals surface area contributed by atoms with Crippen molar-refractivity contribution < 1.29 is 14.6 Å². The van der Waals surface area contributed by atoms with Gasteiger partial charge in [0, 0.05) is 9.75 Å². The molecule has 106 valence electrons. The van der Waals surface area contributed by atoms with E-state index in [9.17, 15) is 9.90 Å². The van der Waals surface area contributed by atoms with Crippen molar-refractivity contribution in [3.63, 3.8) is 0 Å². The van der Waals surface area contributed by atoms with E-state index >= 15 is 0 Å². The molecule has 2 rings (SSSR count). The Bertz CT molecular complexity index is 594. The smallest absolute Gasteiger partial charge is 0.253 e. The van der Waals surface area contributed by atoms with Crippen molar-refractivity contribution in [2.75, 3.05) is 7.11 Å². The maximum atomic E-state index is 11.9. The zero-order valence-corrected chi connectivity index (χ0v) is 12.2. The van der Waals surface area contributed by atoms with Crippen molar-refractivity contribution in [1.29, 1.82) is 0 Å². The number of carbonyl (C=O) groups is 1. The van der Waals surface area contributed by atoms with E-state index in [0.717, 1.165) is 4.88 Å². The molecule has 2 N–H and O–H groups in total. The number of hydrogen-bond acceptors (Lipinski definition) is 4. The van der Waals surface area contributed by atoms with Gasteiger partial charge in [0.25, 0.3) is 5.91 Å². The lowest BCUT2D eigenvalue weighted by molar-refractivity contribution is -0.129. The van der Waals surface area contributed by atoms with Crippen LogP contribution in [-0.4, -0.2) is 18.1 Å². The largest absolute Gasteiger partial charge is 0.497 e. The van der Waals surface area contributed by atoms with Crippen LogP contribution in [0, 0.1) is 6.92 Å². The molecular formula is C15H17NO3S. The molecule has 1 aromatic heterocycles. The minimum atomic E-state index is -1.19. The topological polar surface area (TPSA) is 58.6 Å². The molecular weight excluding hydrogens is 274 g/mol. The summed E-state index contributed by atoms with van der Waals surface area (Å²) >= 11 is 1.63. The van der Waals surface area contributed by atoms with Gasteiger partial charge in [-0.25, -0.2) is 0 Å². The fraction of sp³-hybridized carbons (Fsp3) is 0.267. The lowest BCUT2D eigenvalue weighted by Gasteiger charge is -2.12. The number of amides is 1. The molecule has 0 saturated carbocycles. The van der Waals surface area contributed by atoms with Crippen LogP contribution < -0.4 is 10.1 Å². The Morgan fingerprint density at radius 2 is 2.20 bits per heavy atom. The molecule has 2 aromatic rings. The lowest BCUT2D eigenvalue weighted by Crippen LogP contribution is -2.28. The summed E-state index contributed by atoms with van der Waals surface area (Å²) in [7, 11) is 1.55. The summed E-state index contributed by atoms with van der Waals surface area (Å²) < 4.78 is 5.08. The molecule has 0 bridgehead atoms. The van der Waals surface area contributed by atoms with E-state index in [1.54, 1.807) is 42.7 Å². The second-order valence-electron chi connectivity index (χ2n) is 4.41. The quantitative estimate of drug-likeness (QED) is 0.889. The summed E-state index contributed by atoms with van der Waals surface area (Å²) in [4.78, 5) is 14.2. The molecule has 1 unspecified atom stereocenters. The Balaban J connectivity index is 1.97. The summed E-state index contributed by atoms with van der Waals surface area (Å²) in [5.41, 5.74) is 0.518. The van der Waals surface area contributed by atoms with Crippen LogP contribution in [0.4, 0.5) is 0 Å². The third-order valence-electron chi connectivity index (χ3n) is 2.89. The van der Waals surface area contributed by atoms with E-state index in [1.165, 1.54) is 4.88 Å². The first-order chi connectivity index (χ1) is 9.60. The fourth-order valence-electron chi connectivity index (χ4n) is 1.81. The number of thiophene rings is 1. The Morgan fingerprint density at radius 1 is 1.40 bits per heavy atom. The van der Waals surface area contributed by atoms with Gasteiger partial charge in [-0.05, 0) is 36.8 Å². The summed E-state index contributed by atoms with van der Waals surface area (Å²) in [6, 6.07) is 10.8. The number of aliphatic hydroxyl groups is 1. The Hall–Kier alpha value is -1.85. The SMILES string of the molecule is COc1cccc(C(O)C(=O)NCc2ccc(C)s2)c1. The number of aliphatic hydroxyl groups excluding tert-OH is 1. The molecule has 0 radical (unpaired) electrons. The molecule has 1 atom stereocenters. The first-order valence-corrected chi connectivity index (χ1v) is 7.07. The van der Waals surface area contributed by atoms with Crippen molar-refractivity contribution in [3.05, 3.63) is 51.7 Å². The molecule has 4 nitrogen and oxygen atoms in total. The first-order valence-electron chi connectivity index (χ1n) is 6.25. The van der Waals surface area contributed by atoms with E-state index in [-0.39, 0.29) is 0 Å². The summed E-state index contributed by atoms with van der Waals surface area (Å²) in [6.07, 6.45) is -1.19. The molecule has 0 spiro atoms. The van der Waals surface area contributed by atoms with Gasteiger partial charge in [0.05, 0.1) is 13.7 Å². The number of hydrogen-bond donors (Lipinski definition) is 2. The van der Waals surface area contributed by atoms with Crippen LogP contribution in [0.1, 0.15) is 21.4 Å². The molecule has 20 heavy (non-hydrogen) atoms. The zero-order valence-electron chi connectivity index (χ0n) is 11.4. The number of nitrogens with one attached hydrogen (secondary N) is 1. The van der Waals surface area contributed by atoms with Gasteiger partial charge in [-0.3, -0.25) is 4.79 Å². The van der Waals surface area contributed by atoms with Gasteiger partial charge in [0.2, 0.25) is 0 Å². The number of benzene rings is 1. The van der Waals surface area contributed by atoms with Gasteiger partial charge in [-0.2, -0.15) is 0 Å². The highest BCUT2D eigenvalue weighted by Gasteiger charge is 2.17. The Morgan fingerprint density at radius 3 is 2.85 bits per heavy atom. The number of aryl methyl sites for hydroxylation is 1. The highest BCUT2D eigenvalue weighted by atomic mass is 32.1. The third-order valence-corrected chi connectivity index (χ3v) is 3.89. The van der Waals surface area contributed by atoms with Crippen LogP contribution in [0.15, 0.2) is 36.4 Å². The molecule has 5 heteroatoms.